The minimum absolute atomic E-state index is 0.0566. The number of nitrogens with zero attached hydrogens (tertiary/aromatic N) is 1. The topological polar surface area (TPSA) is 55.1 Å². The van der Waals surface area contributed by atoms with Crippen molar-refractivity contribution in [3.63, 3.8) is 0 Å². The molecule has 2 heterocycles. The summed E-state index contributed by atoms with van der Waals surface area (Å²) in [6.07, 6.45) is 3.56. The Bertz CT molecular complexity index is 1080. The number of hydrogen-bond acceptors (Lipinski definition) is 4. The summed E-state index contributed by atoms with van der Waals surface area (Å²) in [5.41, 5.74) is 3.49. The van der Waals surface area contributed by atoms with Crippen LogP contribution in [0.1, 0.15) is 28.2 Å². The van der Waals surface area contributed by atoms with Crippen LogP contribution >= 0.6 is 11.3 Å². The number of carbonyl (C=O) groups is 1. The standard InChI is InChI=1S/C24H22N2O2S/c1-17-7-9-19(10-8-17)22-13-11-20(28-22)12-14-23(27)26-24-25-16-21(29-24)15-18-5-3-2-4-6-18/h2-11,13,16H,12,14-15H2,1H3,(H,25,26,27). The maximum Gasteiger partial charge on any atom is 0.226 e. The SMILES string of the molecule is Cc1ccc(-c2ccc(CCC(=O)Nc3ncc(Cc4ccccc4)s3)o2)cc1. The van der Waals surface area contributed by atoms with Gasteiger partial charge in [-0.05, 0) is 24.6 Å². The maximum absolute atomic E-state index is 12.3. The van der Waals surface area contributed by atoms with Gasteiger partial charge < -0.3 is 9.73 Å². The van der Waals surface area contributed by atoms with Gasteiger partial charge in [0.15, 0.2) is 5.13 Å². The molecule has 4 aromatic rings. The van der Waals surface area contributed by atoms with E-state index in [1.807, 2.05) is 48.7 Å². The number of hydrogen-bond donors (Lipinski definition) is 1. The van der Waals surface area contributed by atoms with Crippen LogP contribution in [-0.2, 0) is 17.6 Å². The van der Waals surface area contributed by atoms with Crippen LogP contribution in [-0.4, -0.2) is 10.9 Å². The van der Waals surface area contributed by atoms with Crippen molar-refractivity contribution < 1.29 is 9.21 Å². The predicted molar refractivity (Wildman–Crippen MR) is 117 cm³/mol. The first kappa shape index (κ1) is 19.2. The molecule has 2 aromatic heterocycles. The summed E-state index contributed by atoms with van der Waals surface area (Å²) in [6.45, 7) is 2.06. The van der Waals surface area contributed by atoms with Gasteiger partial charge in [0.2, 0.25) is 5.91 Å². The summed E-state index contributed by atoms with van der Waals surface area (Å²) in [5, 5.41) is 3.53. The zero-order chi connectivity index (χ0) is 20.1. The summed E-state index contributed by atoms with van der Waals surface area (Å²) in [5.74, 6) is 1.57. The highest BCUT2D eigenvalue weighted by atomic mass is 32.1. The van der Waals surface area contributed by atoms with Crippen molar-refractivity contribution in [2.45, 2.75) is 26.2 Å². The van der Waals surface area contributed by atoms with Crippen molar-refractivity contribution in [2.24, 2.45) is 0 Å². The lowest BCUT2D eigenvalue weighted by molar-refractivity contribution is -0.116. The van der Waals surface area contributed by atoms with Crippen LogP contribution in [0.25, 0.3) is 11.3 Å². The number of benzene rings is 2. The Morgan fingerprint density at radius 2 is 1.83 bits per heavy atom. The summed E-state index contributed by atoms with van der Waals surface area (Å²) in [6, 6.07) is 22.3. The second kappa shape index (κ2) is 8.88. The Kier molecular flexibility index (Phi) is 5.86. The third-order valence-electron chi connectivity index (χ3n) is 4.62. The van der Waals surface area contributed by atoms with Gasteiger partial charge in [0.25, 0.3) is 0 Å². The average Bonchev–Trinajstić information content (AvgIpc) is 3.37. The number of amides is 1. The molecule has 146 valence electrons. The molecule has 5 heteroatoms. The molecule has 29 heavy (non-hydrogen) atoms. The van der Waals surface area contributed by atoms with E-state index in [1.165, 1.54) is 22.5 Å². The van der Waals surface area contributed by atoms with E-state index in [0.29, 0.717) is 18.0 Å². The summed E-state index contributed by atoms with van der Waals surface area (Å²) < 4.78 is 5.89. The molecule has 0 radical (unpaired) electrons. The molecule has 1 N–H and O–H groups in total. The van der Waals surface area contributed by atoms with Crippen molar-refractivity contribution in [3.8, 4) is 11.3 Å². The second-order valence-corrected chi connectivity index (χ2v) is 8.09. The number of anilines is 1. The molecule has 0 spiro atoms. The molecular weight excluding hydrogens is 380 g/mol. The Morgan fingerprint density at radius 1 is 1.03 bits per heavy atom. The van der Waals surface area contributed by atoms with Gasteiger partial charge in [0.05, 0.1) is 0 Å². The fourth-order valence-electron chi connectivity index (χ4n) is 3.05. The van der Waals surface area contributed by atoms with Crippen LogP contribution < -0.4 is 5.32 Å². The van der Waals surface area contributed by atoms with Gasteiger partial charge in [-0.15, -0.1) is 11.3 Å². The van der Waals surface area contributed by atoms with E-state index >= 15 is 0 Å². The quantitative estimate of drug-likeness (QED) is 0.420. The largest absolute Gasteiger partial charge is 0.461 e. The lowest BCUT2D eigenvalue weighted by Gasteiger charge is -2.01. The lowest BCUT2D eigenvalue weighted by atomic mass is 10.1. The number of aryl methyl sites for hydroxylation is 2. The number of thiazole rings is 1. The number of carbonyl (C=O) groups excluding carboxylic acids is 1. The molecule has 0 unspecified atom stereocenters. The van der Waals surface area contributed by atoms with Crippen LogP contribution in [0.4, 0.5) is 5.13 Å². The minimum Gasteiger partial charge on any atom is -0.461 e. The molecule has 2 aromatic carbocycles. The van der Waals surface area contributed by atoms with E-state index in [2.05, 4.69) is 41.5 Å². The molecular formula is C24H22N2O2S. The van der Waals surface area contributed by atoms with E-state index in [1.54, 1.807) is 0 Å². The molecule has 0 saturated carbocycles. The van der Waals surface area contributed by atoms with Gasteiger partial charge in [-0.25, -0.2) is 4.98 Å². The average molecular weight is 403 g/mol. The molecule has 4 rings (SSSR count). The van der Waals surface area contributed by atoms with E-state index in [-0.39, 0.29) is 5.91 Å². The van der Waals surface area contributed by atoms with E-state index < -0.39 is 0 Å². The van der Waals surface area contributed by atoms with Crippen LogP contribution in [0.5, 0.6) is 0 Å². The predicted octanol–water partition coefficient (Wildman–Crippen LogP) is 5.87. The summed E-state index contributed by atoms with van der Waals surface area (Å²) in [7, 11) is 0. The maximum atomic E-state index is 12.3. The summed E-state index contributed by atoms with van der Waals surface area (Å²) >= 11 is 1.51. The zero-order valence-corrected chi connectivity index (χ0v) is 17.0. The fourth-order valence-corrected chi connectivity index (χ4v) is 3.91. The highest BCUT2D eigenvalue weighted by molar-refractivity contribution is 7.15. The Balaban J connectivity index is 1.29. The monoisotopic (exact) mass is 402 g/mol. The molecule has 0 bridgehead atoms. The molecule has 0 aliphatic heterocycles. The van der Waals surface area contributed by atoms with Gasteiger partial charge in [0.1, 0.15) is 11.5 Å². The van der Waals surface area contributed by atoms with Crippen molar-refractivity contribution in [1.82, 2.24) is 4.98 Å². The van der Waals surface area contributed by atoms with Crippen molar-refractivity contribution >= 4 is 22.4 Å². The Labute approximate surface area is 174 Å². The fraction of sp³-hybridized carbons (Fsp3) is 0.167. The van der Waals surface area contributed by atoms with Crippen LogP contribution in [0.2, 0.25) is 0 Å². The molecule has 0 atom stereocenters. The third-order valence-corrected chi connectivity index (χ3v) is 5.53. The number of aromatic nitrogens is 1. The first-order valence-corrected chi connectivity index (χ1v) is 10.4. The molecule has 0 aliphatic rings. The smallest absolute Gasteiger partial charge is 0.226 e. The molecule has 0 fully saturated rings. The molecule has 1 amide bonds. The number of nitrogens with one attached hydrogen (secondary N) is 1. The van der Waals surface area contributed by atoms with Gasteiger partial charge in [-0.1, -0.05) is 60.2 Å². The van der Waals surface area contributed by atoms with Gasteiger partial charge in [-0.3, -0.25) is 4.79 Å². The van der Waals surface area contributed by atoms with Gasteiger partial charge >= 0.3 is 0 Å². The highest BCUT2D eigenvalue weighted by Gasteiger charge is 2.10. The van der Waals surface area contributed by atoms with Gasteiger partial charge in [0, 0.05) is 35.9 Å². The first-order chi connectivity index (χ1) is 14.2. The first-order valence-electron chi connectivity index (χ1n) is 9.60. The Morgan fingerprint density at radius 3 is 2.62 bits per heavy atom. The second-order valence-electron chi connectivity index (χ2n) is 6.97. The minimum atomic E-state index is -0.0566. The van der Waals surface area contributed by atoms with Crippen LogP contribution in [0, 0.1) is 6.92 Å². The van der Waals surface area contributed by atoms with E-state index in [4.69, 9.17) is 4.42 Å². The molecule has 4 nitrogen and oxygen atoms in total. The highest BCUT2D eigenvalue weighted by Crippen LogP contribution is 2.24. The third kappa shape index (κ3) is 5.21. The summed E-state index contributed by atoms with van der Waals surface area (Å²) in [4.78, 5) is 17.7. The van der Waals surface area contributed by atoms with Crippen molar-refractivity contribution in [1.29, 1.82) is 0 Å². The normalized spacial score (nSPS) is 10.8. The number of furan rings is 1. The van der Waals surface area contributed by atoms with Crippen LogP contribution in [0.15, 0.2) is 77.3 Å². The molecule has 0 aliphatic carbocycles. The van der Waals surface area contributed by atoms with Crippen LogP contribution in [0.3, 0.4) is 0 Å². The molecule has 0 saturated heterocycles. The lowest BCUT2D eigenvalue weighted by Crippen LogP contribution is -2.11. The van der Waals surface area contributed by atoms with Gasteiger partial charge in [-0.2, -0.15) is 0 Å². The van der Waals surface area contributed by atoms with E-state index in [9.17, 15) is 4.79 Å². The Hall–Kier alpha value is -3.18. The number of rotatable bonds is 7. The van der Waals surface area contributed by atoms with E-state index in [0.717, 1.165) is 28.4 Å². The van der Waals surface area contributed by atoms with Crippen molar-refractivity contribution in [3.05, 3.63) is 94.7 Å². The van der Waals surface area contributed by atoms with Crippen molar-refractivity contribution in [2.75, 3.05) is 5.32 Å². The zero-order valence-electron chi connectivity index (χ0n) is 16.2.